The van der Waals surface area contributed by atoms with Crippen molar-refractivity contribution in [1.29, 1.82) is 0 Å². The van der Waals surface area contributed by atoms with E-state index in [1.54, 1.807) is 0 Å². The zero-order chi connectivity index (χ0) is 34.8. The molecule has 0 unspecified atom stereocenters. The van der Waals surface area contributed by atoms with Gasteiger partial charge in [-0.25, -0.2) is 0 Å². The number of nitro groups is 2. The Kier molecular flexibility index (Phi) is 10.1. The minimum Gasteiger partial charge on any atom is -0.487 e. The summed E-state index contributed by atoms with van der Waals surface area (Å²) in [7, 11) is 0. The summed E-state index contributed by atoms with van der Waals surface area (Å²) in [5.41, 5.74) is -4.32. The lowest BCUT2D eigenvalue weighted by Crippen LogP contribution is -2.06. The molecule has 0 aliphatic rings. The lowest BCUT2D eigenvalue weighted by atomic mass is 9.99. The Hall–Kier alpha value is -4.76. The largest absolute Gasteiger partial charge is 0.487 e. The predicted octanol–water partition coefficient (Wildman–Crippen LogP) is 10.8. The zero-order valence-corrected chi connectivity index (χ0v) is 25.5. The van der Waals surface area contributed by atoms with Gasteiger partial charge in [0.1, 0.15) is 11.5 Å². The molecule has 0 bridgehead atoms. The van der Waals surface area contributed by atoms with Crippen molar-refractivity contribution in [2.24, 2.45) is 0 Å². The first-order chi connectivity index (χ1) is 22.0. The van der Waals surface area contributed by atoms with Crippen LogP contribution in [-0.4, -0.2) is 23.1 Å². The van der Waals surface area contributed by atoms with Crippen molar-refractivity contribution < 1.29 is 50.4 Å². The van der Waals surface area contributed by atoms with E-state index < -0.39 is 66.2 Å². The van der Waals surface area contributed by atoms with Crippen LogP contribution in [0.4, 0.5) is 37.7 Å². The molecule has 4 aromatic carbocycles. The first-order valence-electron chi connectivity index (χ1n) is 13.3. The standard InChI is InChI=1S/C30H20Cl2F6N2O7/c1-3-45-27-21(39(41)42)9-11-23(25(27)17-7-5-15(13-19(17)31)29(33,34)35)47-24-12-10-22(40(43)44)28(46-4-2)26(24)18-8-6-16(14-20(18)32)30(36,37)38/h5-14H,3-4H2,1-2H3. The Bertz CT molecular complexity index is 1730. The van der Waals surface area contributed by atoms with Gasteiger partial charge in [-0.2, -0.15) is 26.3 Å². The number of hydrogen-bond acceptors (Lipinski definition) is 7. The van der Waals surface area contributed by atoms with E-state index in [0.29, 0.717) is 24.3 Å². The topological polar surface area (TPSA) is 114 Å². The second-order valence-electron chi connectivity index (χ2n) is 9.44. The minimum absolute atomic E-state index is 0.145. The Labute approximate surface area is 271 Å². The number of hydrogen-bond donors (Lipinski definition) is 0. The number of nitrogens with zero attached hydrogens (tertiary/aromatic N) is 2. The Morgan fingerprint density at radius 1 is 0.638 bits per heavy atom. The van der Waals surface area contributed by atoms with Crippen LogP contribution in [0.1, 0.15) is 25.0 Å². The van der Waals surface area contributed by atoms with E-state index >= 15 is 0 Å². The molecule has 4 rings (SSSR count). The third-order valence-electron chi connectivity index (χ3n) is 6.52. The monoisotopic (exact) mass is 704 g/mol. The molecule has 0 amide bonds. The highest BCUT2D eigenvalue weighted by Crippen LogP contribution is 2.52. The lowest BCUT2D eigenvalue weighted by molar-refractivity contribution is -0.385. The van der Waals surface area contributed by atoms with Crippen LogP contribution in [0.15, 0.2) is 60.7 Å². The summed E-state index contributed by atoms with van der Waals surface area (Å²) in [6.45, 7) is 2.69. The third kappa shape index (κ3) is 7.30. The highest BCUT2D eigenvalue weighted by molar-refractivity contribution is 6.34. The summed E-state index contributed by atoms with van der Waals surface area (Å²) in [5, 5.41) is 22.9. The normalized spacial score (nSPS) is 11.7. The van der Waals surface area contributed by atoms with Gasteiger partial charge in [-0.3, -0.25) is 20.2 Å². The van der Waals surface area contributed by atoms with Crippen LogP contribution >= 0.6 is 23.2 Å². The molecule has 0 aromatic heterocycles. The van der Waals surface area contributed by atoms with E-state index in [9.17, 15) is 46.6 Å². The molecule has 0 saturated carbocycles. The maximum atomic E-state index is 13.4. The minimum atomic E-state index is -4.78. The molecule has 0 atom stereocenters. The lowest BCUT2D eigenvalue weighted by Gasteiger charge is -2.21. The molecule has 248 valence electrons. The van der Waals surface area contributed by atoms with Gasteiger partial charge in [0.05, 0.1) is 45.3 Å². The quantitative estimate of drug-likeness (QED) is 0.0916. The molecule has 0 N–H and O–H groups in total. The van der Waals surface area contributed by atoms with Crippen LogP contribution < -0.4 is 14.2 Å². The van der Waals surface area contributed by atoms with Crippen molar-refractivity contribution in [3.8, 4) is 45.3 Å². The smallest absolute Gasteiger partial charge is 0.416 e. The summed E-state index contributed by atoms with van der Waals surface area (Å²) < 4.78 is 97.8. The molecule has 4 aromatic rings. The average molecular weight is 705 g/mol. The third-order valence-corrected chi connectivity index (χ3v) is 7.14. The molecule has 0 heterocycles. The molecule has 0 fully saturated rings. The van der Waals surface area contributed by atoms with Crippen molar-refractivity contribution in [3.05, 3.63) is 102 Å². The van der Waals surface area contributed by atoms with Gasteiger partial charge in [0.25, 0.3) is 0 Å². The van der Waals surface area contributed by atoms with Crippen LogP contribution in [0.2, 0.25) is 10.0 Å². The van der Waals surface area contributed by atoms with Crippen LogP contribution in [0.3, 0.4) is 0 Å². The molecular formula is C30H20Cl2F6N2O7. The molecule has 0 radical (unpaired) electrons. The van der Waals surface area contributed by atoms with Gasteiger partial charge in [-0.05, 0) is 50.2 Å². The Balaban J connectivity index is 2.06. The summed E-state index contributed by atoms with van der Waals surface area (Å²) >= 11 is 12.6. The average Bonchev–Trinajstić information content (AvgIpc) is 2.97. The van der Waals surface area contributed by atoms with Gasteiger partial charge in [-0.1, -0.05) is 35.3 Å². The van der Waals surface area contributed by atoms with Gasteiger partial charge in [0.2, 0.25) is 11.5 Å². The highest BCUT2D eigenvalue weighted by atomic mass is 35.5. The molecule has 9 nitrogen and oxygen atoms in total. The van der Waals surface area contributed by atoms with E-state index in [4.69, 9.17) is 37.4 Å². The Morgan fingerprint density at radius 2 is 1.00 bits per heavy atom. The number of rotatable bonds is 10. The van der Waals surface area contributed by atoms with Crippen LogP contribution in [-0.2, 0) is 12.4 Å². The predicted molar refractivity (Wildman–Crippen MR) is 160 cm³/mol. The Morgan fingerprint density at radius 3 is 1.28 bits per heavy atom. The number of ether oxygens (including phenoxy) is 3. The van der Waals surface area contributed by atoms with E-state index in [-0.39, 0.29) is 47.0 Å². The number of halogens is 8. The summed E-state index contributed by atoms with van der Waals surface area (Å²) in [6.07, 6.45) is -9.56. The second kappa shape index (κ2) is 13.5. The van der Waals surface area contributed by atoms with Gasteiger partial charge < -0.3 is 14.2 Å². The molecule has 0 aliphatic heterocycles. The molecular weight excluding hydrogens is 685 g/mol. The summed E-state index contributed by atoms with van der Waals surface area (Å²) in [4.78, 5) is 22.3. The van der Waals surface area contributed by atoms with Gasteiger partial charge >= 0.3 is 23.7 Å². The van der Waals surface area contributed by atoms with Crippen molar-refractivity contribution >= 4 is 34.6 Å². The van der Waals surface area contributed by atoms with Crippen LogP contribution in [0, 0.1) is 20.2 Å². The fourth-order valence-electron chi connectivity index (χ4n) is 4.56. The first-order valence-corrected chi connectivity index (χ1v) is 14.1. The fraction of sp³-hybridized carbons (Fsp3) is 0.200. The van der Waals surface area contributed by atoms with E-state index in [1.807, 2.05) is 0 Å². The van der Waals surface area contributed by atoms with Gasteiger partial charge in [0, 0.05) is 33.3 Å². The molecule has 47 heavy (non-hydrogen) atoms. The number of alkyl halides is 6. The second-order valence-corrected chi connectivity index (χ2v) is 10.3. The van der Waals surface area contributed by atoms with Crippen LogP contribution in [0.25, 0.3) is 22.3 Å². The van der Waals surface area contributed by atoms with Crippen molar-refractivity contribution in [2.45, 2.75) is 26.2 Å². The molecule has 0 saturated heterocycles. The van der Waals surface area contributed by atoms with E-state index in [2.05, 4.69) is 0 Å². The van der Waals surface area contributed by atoms with Gasteiger partial charge in [0.15, 0.2) is 0 Å². The first kappa shape index (κ1) is 35.1. The van der Waals surface area contributed by atoms with Crippen molar-refractivity contribution in [3.63, 3.8) is 0 Å². The van der Waals surface area contributed by atoms with Gasteiger partial charge in [-0.15, -0.1) is 0 Å². The van der Waals surface area contributed by atoms with E-state index in [0.717, 1.165) is 36.4 Å². The summed E-state index contributed by atoms with van der Waals surface area (Å²) in [6, 6.07) is 8.63. The molecule has 0 aliphatic carbocycles. The van der Waals surface area contributed by atoms with Crippen LogP contribution in [0.5, 0.6) is 23.0 Å². The van der Waals surface area contributed by atoms with Crippen molar-refractivity contribution in [2.75, 3.05) is 13.2 Å². The zero-order valence-electron chi connectivity index (χ0n) is 24.0. The van der Waals surface area contributed by atoms with E-state index in [1.165, 1.54) is 13.8 Å². The number of benzene rings is 4. The maximum Gasteiger partial charge on any atom is 0.416 e. The summed E-state index contributed by atoms with van der Waals surface area (Å²) in [5.74, 6) is -1.45. The fourth-order valence-corrected chi connectivity index (χ4v) is 5.11. The molecule has 0 spiro atoms. The number of nitro benzene ring substituents is 2. The SMILES string of the molecule is CCOc1c([N+](=O)[O-])ccc(Oc2ccc([N+](=O)[O-])c(OCC)c2-c2ccc(C(F)(F)F)cc2Cl)c1-c1ccc(C(F)(F)F)cc1Cl. The maximum absolute atomic E-state index is 13.4. The molecule has 17 heteroatoms. The van der Waals surface area contributed by atoms with Crippen molar-refractivity contribution in [1.82, 2.24) is 0 Å². The highest BCUT2D eigenvalue weighted by Gasteiger charge is 2.35.